The highest BCUT2D eigenvalue weighted by molar-refractivity contribution is 7.98. The standard InChI is InChI=1S/C24H26N4OS/c1-17-5-3-4-6-21(17)22-11-12-23(27-26-22)28-15-13-18(14-16-28)24(29)25-19-7-9-20(30-2)10-8-19/h3-12,18H,13-16H2,1-2H3,(H,25,29). The molecule has 1 aromatic heterocycles. The lowest BCUT2D eigenvalue weighted by atomic mass is 9.95. The molecule has 0 saturated carbocycles. The van der Waals surface area contributed by atoms with Gasteiger partial charge in [-0.3, -0.25) is 4.79 Å². The fraction of sp³-hybridized carbons (Fsp3) is 0.292. The summed E-state index contributed by atoms with van der Waals surface area (Å²) < 4.78 is 0. The van der Waals surface area contributed by atoms with Gasteiger partial charge in [-0.25, -0.2) is 0 Å². The van der Waals surface area contributed by atoms with Crippen molar-refractivity contribution in [3.8, 4) is 11.3 Å². The number of anilines is 2. The van der Waals surface area contributed by atoms with E-state index < -0.39 is 0 Å². The average molecular weight is 419 g/mol. The Hall–Kier alpha value is -2.86. The summed E-state index contributed by atoms with van der Waals surface area (Å²) in [6, 6.07) is 20.2. The number of benzene rings is 2. The molecule has 0 unspecified atom stereocenters. The van der Waals surface area contributed by atoms with Gasteiger partial charge in [-0.2, -0.15) is 0 Å². The quantitative estimate of drug-likeness (QED) is 0.589. The van der Waals surface area contributed by atoms with Gasteiger partial charge in [0.1, 0.15) is 0 Å². The first-order chi connectivity index (χ1) is 14.6. The first-order valence-corrected chi connectivity index (χ1v) is 11.5. The lowest BCUT2D eigenvalue weighted by Gasteiger charge is -2.31. The number of amides is 1. The molecule has 0 radical (unpaired) electrons. The number of nitrogens with one attached hydrogen (secondary N) is 1. The Morgan fingerprint density at radius 3 is 2.37 bits per heavy atom. The highest BCUT2D eigenvalue weighted by atomic mass is 32.2. The van der Waals surface area contributed by atoms with Crippen LogP contribution in [-0.2, 0) is 4.79 Å². The zero-order valence-electron chi connectivity index (χ0n) is 17.3. The van der Waals surface area contributed by atoms with Crippen LogP contribution in [0.1, 0.15) is 18.4 Å². The lowest BCUT2D eigenvalue weighted by Crippen LogP contribution is -2.38. The normalized spacial score (nSPS) is 14.5. The van der Waals surface area contributed by atoms with E-state index >= 15 is 0 Å². The van der Waals surface area contributed by atoms with Gasteiger partial charge in [0, 0.05) is 35.2 Å². The molecule has 0 bridgehead atoms. The van der Waals surface area contributed by atoms with Gasteiger partial charge < -0.3 is 10.2 Å². The average Bonchev–Trinajstić information content (AvgIpc) is 2.80. The number of piperidine rings is 1. The van der Waals surface area contributed by atoms with Gasteiger partial charge in [-0.1, -0.05) is 24.3 Å². The number of hydrogen-bond acceptors (Lipinski definition) is 5. The summed E-state index contributed by atoms with van der Waals surface area (Å²) in [5, 5.41) is 11.9. The van der Waals surface area contributed by atoms with Crippen molar-refractivity contribution < 1.29 is 4.79 Å². The number of rotatable bonds is 5. The molecule has 2 aromatic carbocycles. The molecule has 1 saturated heterocycles. The van der Waals surface area contributed by atoms with E-state index in [4.69, 9.17) is 0 Å². The molecule has 5 nitrogen and oxygen atoms in total. The number of nitrogens with zero attached hydrogens (tertiary/aromatic N) is 3. The molecule has 4 rings (SSSR count). The molecule has 2 heterocycles. The molecule has 0 atom stereocenters. The molecule has 3 aromatic rings. The maximum Gasteiger partial charge on any atom is 0.227 e. The van der Waals surface area contributed by atoms with Gasteiger partial charge in [0.2, 0.25) is 5.91 Å². The molecule has 1 N–H and O–H groups in total. The SMILES string of the molecule is CSc1ccc(NC(=O)C2CCN(c3ccc(-c4ccccc4C)nn3)CC2)cc1. The summed E-state index contributed by atoms with van der Waals surface area (Å²) in [5.74, 6) is 1.01. The Balaban J connectivity index is 1.33. The van der Waals surface area contributed by atoms with Crippen LogP contribution in [-0.4, -0.2) is 35.4 Å². The van der Waals surface area contributed by atoms with Crippen LogP contribution in [0.25, 0.3) is 11.3 Å². The third-order valence-electron chi connectivity index (χ3n) is 5.62. The molecule has 30 heavy (non-hydrogen) atoms. The number of hydrogen-bond donors (Lipinski definition) is 1. The summed E-state index contributed by atoms with van der Waals surface area (Å²) >= 11 is 1.69. The molecule has 6 heteroatoms. The van der Waals surface area contributed by atoms with Gasteiger partial charge in [0.25, 0.3) is 0 Å². The van der Waals surface area contributed by atoms with Crippen LogP contribution in [0, 0.1) is 12.8 Å². The van der Waals surface area contributed by atoms with Gasteiger partial charge in [0.05, 0.1) is 5.69 Å². The Labute approximate surface area is 181 Å². The Morgan fingerprint density at radius 2 is 1.73 bits per heavy atom. The van der Waals surface area contributed by atoms with E-state index in [2.05, 4.69) is 39.5 Å². The van der Waals surface area contributed by atoms with Crippen LogP contribution in [0.3, 0.4) is 0 Å². The first-order valence-electron chi connectivity index (χ1n) is 10.2. The topological polar surface area (TPSA) is 58.1 Å². The third kappa shape index (κ3) is 4.65. The Bertz CT molecular complexity index is 996. The van der Waals surface area contributed by atoms with Crippen molar-refractivity contribution >= 4 is 29.2 Å². The first kappa shape index (κ1) is 20.4. The number of carbonyl (C=O) groups is 1. The summed E-state index contributed by atoms with van der Waals surface area (Å²) in [6.07, 6.45) is 3.67. The van der Waals surface area contributed by atoms with Crippen LogP contribution >= 0.6 is 11.8 Å². The highest BCUT2D eigenvalue weighted by Gasteiger charge is 2.26. The van der Waals surface area contributed by atoms with Crippen molar-refractivity contribution in [2.45, 2.75) is 24.7 Å². The monoisotopic (exact) mass is 418 g/mol. The number of thioether (sulfide) groups is 1. The summed E-state index contributed by atoms with van der Waals surface area (Å²) in [5.41, 5.74) is 4.04. The van der Waals surface area contributed by atoms with Gasteiger partial charge in [0.15, 0.2) is 5.82 Å². The number of aryl methyl sites for hydroxylation is 1. The summed E-state index contributed by atoms with van der Waals surface area (Å²) in [4.78, 5) is 16.0. The van der Waals surface area contributed by atoms with Crippen molar-refractivity contribution in [1.29, 1.82) is 0 Å². The maximum atomic E-state index is 12.6. The van der Waals surface area contributed by atoms with E-state index in [1.54, 1.807) is 11.8 Å². The minimum absolute atomic E-state index is 0.0284. The van der Waals surface area contributed by atoms with E-state index in [0.717, 1.165) is 48.7 Å². The smallest absolute Gasteiger partial charge is 0.227 e. The van der Waals surface area contributed by atoms with Gasteiger partial charge in [-0.05, 0) is 68.0 Å². The highest BCUT2D eigenvalue weighted by Crippen LogP contribution is 2.26. The van der Waals surface area contributed by atoms with E-state index in [9.17, 15) is 4.79 Å². The van der Waals surface area contributed by atoms with Crippen LogP contribution in [0.15, 0.2) is 65.6 Å². The molecule has 1 amide bonds. The zero-order chi connectivity index (χ0) is 20.9. The fourth-order valence-corrected chi connectivity index (χ4v) is 4.20. The summed E-state index contributed by atoms with van der Waals surface area (Å²) in [6.45, 7) is 3.70. The van der Waals surface area contributed by atoms with Crippen LogP contribution in [0.4, 0.5) is 11.5 Å². The third-order valence-corrected chi connectivity index (χ3v) is 6.36. The van der Waals surface area contributed by atoms with Crippen molar-refractivity contribution in [2.75, 3.05) is 29.6 Å². The van der Waals surface area contributed by atoms with E-state index in [1.165, 1.54) is 10.5 Å². The molecule has 1 aliphatic rings. The van der Waals surface area contributed by atoms with E-state index in [1.807, 2.05) is 54.8 Å². The van der Waals surface area contributed by atoms with Crippen molar-refractivity contribution in [1.82, 2.24) is 10.2 Å². The molecule has 1 fully saturated rings. The predicted molar refractivity (Wildman–Crippen MR) is 124 cm³/mol. The van der Waals surface area contributed by atoms with Crippen molar-refractivity contribution in [3.63, 3.8) is 0 Å². The molecule has 154 valence electrons. The lowest BCUT2D eigenvalue weighted by molar-refractivity contribution is -0.120. The second kappa shape index (κ2) is 9.30. The molecular formula is C24H26N4OS. The zero-order valence-corrected chi connectivity index (χ0v) is 18.2. The van der Waals surface area contributed by atoms with Gasteiger partial charge in [-0.15, -0.1) is 22.0 Å². The number of carbonyl (C=O) groups excluding carboxylic acids is 1. The number of aromatic nitrogens is 2. The van der Waals surface area contributed by atoms with Crippen LogP contribution < -0.4 is 10.2 Å². The Kier molecular flexibility index (Phi) is 6.33. The molecule has 0 aliphatic carbocycles. The van der Waals surface area contributed by atoms with Crippen molar-refractivity contribution in [3.05, 3.63) is 66.2 Å². The molecular weight excluding hydrogens is 392 g/mol. The van der Waals surface area contributed by atoms with E-state index in [0.29, 0.717) is 0 Å². The fourth-order valence-electron chi connectivity index (χ4n) is 3.79. The Morgan fingerprint density at radius 1 is 1.00 bits per heavy atom. The van der Waals surface area contributed by atoms with Crippen molar-refractivity contribution in [2.24, 2.45) is 5.92 Å². The van der Waals surface area contributed by atoms with Gasteiger partial charge >= 0.3 is 0 Å². The largest absolute Gasteiger partial charge is 0.355 e. The van der Waals surface area contributed by atoms with Crippen LogP contribution in [0.2, 0.25) is 0 Å². The van der Waals surface area contributed by atoms with E-state index in [-0.39, 0.29) is 11.8 Å². The minimum atomic E-state index is 0.0284. The second-order valence-electron chi connectivity index (χ2n) is 7.57. The maximum absolute atomic E-state index is 12.6. The molecule has 0 spiro atoms. The molecule has 1 aliphatic heterocycles. The minimum Gasteiger partial charge on any atom is -0.355 e. The summed E-state index contributed by atoms with van der Waals surface area (Å²) in [7, 11) is 0. The predicted octanol–water partition coefficient (Wildman–Crippen LogP) is 5.03. The second-order valence-corrected chi connectivity index (χ2v) is 8.45. The van der Waals surface area contributed by atoms with Crippen LogP contribution in [0.5, 0.6) is 0 Å².